The molecule has 3 rings (SSSR count). The molecule has 0 saturated heterocycles. The van der Waals surface area contributed by atoms with Crippen molar-refractivity contribution in [2.75, 3.05) is 20.3 Å². The number of halogens is 2. The lowest BCUT2D eigenvalue weighted by atomic mass is 10.0. The molecule has 3 heterocycles. The molecular weight excluding hydrogens is 342 g/mol. The number of nitrogens with one attached hydrogen (secondary N) is 1. The third-order valence-corrected chi connectivity index (χ3v) is 4.33. The Kier molecular flexibility index (Phi) is 5.29. The maximum absolute atomic E-state index is 14.0. The molecule has 0 fully saturated rings. The maximum Gasteiger partial charge on any atom is 0.255 e. The molecule has 0 aliphatic carbocycles. The zero-order valence-electron chi connectivity index (χ0n) is 14.6. The number of allylic oxidation sites excluding steroid dienone is 2. The van der Waals surface area contributed by atoms with Gasteiger partial charge < -0.3 is 14.6 Å². The molecule has 0 radical (unpaired) electrons. The normalized spacial score (nSPS) is 17.4. The van der Waals surface area contributed by atoms with Crippen LogP contribution in [0.25, 0.3) is 11.0 Å². The van der Waals surface area contributed by atoms with Crippen molar-refractivity contribution in [2.24, 2.45) is 10.9 Å². The highest BCUT2D eigenvalue weighted by atomic mass is 19.1. The summed E-state index contributed by atoms with van der Waals surface area (Å²) in [6.07, 6.45) is 3.43. The summed E-state index contributed by atoms with van der Waals surface area (Å²) < 4.78 is 33.5. The molecule has 0 aromatic carbocycles. The Balaban J connectivity index is 1.94. The summed E-state index contributed by atoms with van der Waals surface area (Å²) in [4.78, 5) is 20.7. The summed E-state index contributed by atoms with van der Waals surface area (Å²) in [6, 6.07) is 3.59. The number of pyridine rings is 1. The van der Waals surface area contributed by atoms with Crippen LogP contribution in [-0.4, -0.2) is 41.7 Å². The van der Waals surface area contributed by atoms with Crippen LogP contribution in [0.1, 0.15) is 23.7 Å². The minimum Gasteiger partial charge on any atom is -0.484 e. The smallest absolute Gasteiger partial charge is 0.255 e. The summed E-state index contributed by atoms with van der Waals surface area (Å²) >= 11 is 0. The van der Waals surface area contributed by atoms with Crippen LogP contribution in [0.2, 0.25) is 0 Å². The van der Waals surface area contributed by atoms with Gasteiger partial charge in [0.05, 0.1) is 29.8 Å². The fourth-order valence-corrected chi connectivity index (χ4v) is 3.06. The molecule has 8 heteroatoms. The van der Waals surface area contributed by atoms with E-state index in [1.54, 1.807) is 25.4 Å². The van der Waals surface area contributed by atoms with E-state index in [4.69, 9.17) is 4.74 Å². The Morgan fingerprint density at radius 1 is 1.50 bits per heavy atom. The fourth-order valence-electron chi connectivity index (χ4n) is 3.06. The minimum absolute atomic E-state index is 0.0588. The zero-order chi connectivity index (χ0) is 18.7. The Morgan fingerprint density at radius 3 is 3.04 bits per heavy atom. The Labute approximate surface area is 149 Å². The standard InChI is InChI=1S/C18H20F2N4O2/c1-11-14(20)8-12(18(23-11)26-2)9-24-10-13(17(25)22-7-5-19)16-15(24)4-3-6-21-16/h3-4,6,10,12H,5,7-9H2,1-2H3,(H,22,25). The van der Waals surface area contributed by atoms with E-state index in [1.807, 2.05) is 10.6 Å². The number of carbonyl (C=O) groups is 1. The van der Waals surface area contributed by atoms with E-state index in [1.165, 1.54) is 7.11 Å². The Hall–Kier alpha value is -2.77. The Bertz CT molecular complexity index is 888. The van der Waals surface area contributed by atoms with Crippen molar-refractivity contribution in [3.8, 4) is 0 Å². The molecule has 1 N–H and O–H groups in total. The van der Waals surface area contributed by atoms with Crippen molar-refractivity contribution in [1.82, 2.24) is 14.9 Å². The van der Waals surface area contributed by atoms with Gasteiger partial charge in [-0.3, -0.25) is 9.78 Å². The van der Waals surface area contributed by atoms with E-state index in [-0.39, 0.29) is 24.7 Å². The first-order chi connectivity index (χ1) is 12.5. The third kappa shape index (κ3) is 3.44. The van der Waals surface area contributed by atoms with Crippen molar-refractivity contribution < 1.29 is 18.3 Å². The van der Waals surface area contributed by atoms with Crippen molar-refractivity contribution in [1.29, 1.82) is 0 Å². The lowest BCUT2D eigenvalue weighted by Gasteiger charge is -2.22. The highest BCUT2D eigenvalue weighted by Crippen LogP contribution is 2.28. The van der Waals surface area contributed by atoms with Gasteiger partial charge in [0.2, 0.25) is 0 Å². The van der Waals surface area contributed by atoms with Gasteiger partial charge in [-0.1, -0.05) is 0 Å². The van der Waals surface area contributed by atoms with Crippen LogP contribution in [0.15, 0.2) is 41.0 Å². The van der Waals surface area contributed by atoms with E-state index >= 15 is 0 Å². The average molecular weight is 362 g/mol. The second-order valence-electron chi connectivity index (χ2n) is 6.06. The van der Waals surface area contributed by atoms with Crippen LogP contribution in [-0.2, 0) is 11.3 Å². The van der Waals surface area contributed by atoms with Crippen LogP contribution < -0.4 is 5.32 Å². The number of rotatable bonds is 5. The summed E-state index contributed by atoms with van der Waals surface area (Å²) in [6.45, 7) is 1.29. The molecule has 2 aromatic heterocycles. The molecule has 138 valence electrons. The second-order valence-corrected chi connectivity index (χ2v) is 6.06. The van der Waals surface area contributed by atoms with E-state index < -0.39 is 12.6 Å². The van der Waals surface area contributed by atoms with Gasteiger partial charge in [-0.25, -0.2) is 13.8 Å². The first-order valence-corrected chi connectivity index (χ1v) is 8.31. The monoisotopic (exact) mass is 362 g/mol. The number of fused-ring (bicyclic) bond motifs is 1. The van der Waals surface area contributed by atoms with Gasteiger partial charge in [0.25, 0.3) is 5.91 Å². The lowest BCUT2D eigenvalue weighted by Crippen LogP contribution is -2.26. The molecule has 1 amide bonds. The van der Waals surface area contributed by atoms with Gasteiger partial charge in [-0.05, 0) is 19.1 Å². The first kappa shape index (κ1) is 18.0. The number of nitrogens with zero attached hydrogens (tertiary/aromatic N) is 3. The number of aromatic nitrogens is 2. The molecule has 1 atom stereocenters. The number of hydrogen-bond donors (Lipinski definition) is 1. The van der Waals surface area contributed by atoms with Crippen LogP contribution in [0, 0.1) is 5.92 Å². The molecule has 1 aliphatic rings. The molecular formula is C18H20F2N4O2. The zero-order valence-corrected chi connectivity index (χ0v) is 14.6. The van der Waals surface area contributed by atoms with E-state index in [9.17, 15) is 13.6 Å². The predicted molar refractivity (Wildman–Crippen MR) is 94.4 cm³/mol. The second kappa shape index (κ2) is 7.63. The van der Waals surface area contributed by atoms with Crippen molar-refractivity contribution in [3.05, 3.63) is 41.6 Å². The van der Waals surface area contributed by atoms with Gasteiger partial charge in [0.15, 0.2) is 5.90 Å². The Morgan fingerprint density at radius 2 is 2.31 bits per heavy atom. The molecule has 26 heavy (non-hydrogen) atoms. The van der Waals surface area contributed by atoms with Gasteiger partial charge in [0, 0.05) is 31.9 Å². The number of ether oxygens (including phenoxy) is 1. The van der Waals surface area contributed by atoms with E-state index in [0.717, 1.165) is 5.52 Å². The van der Waals surface area contributed by atoms with E-state index in [2.05, 4.69) is 15.3 Å². The predicted octanol–water partition coefficient (Wildman–Crippen LogP) is 3.00. The number of alkyl halides is 1. The highest BCUT2D eigenvalue weighted by Gasteiger charge is 2.27. The maximum atomic E-state index is 14.0. The first-order valence-electron chi connectivity index (χ1n) is 8.31. The molecule has 6 nitrogen and oxygen atoms in total. The van der Waals surface area contributed by atoms with Crippen molar-refractivity contribution in [3.63, 3.8) is 0 Å². The van der Waals surface area contributed by atoms with Crippen LogP contribution in [0.4, 0.5) is 8.78 Å². The summed E-state index contributed by atoms with van der Waals surface area (Å²) in [5.41, 5.74) is 1.93. The van der Waals surface area contributed by atoms with Gasteiger partial charge in [-0.15, -0.1) is 0 Å². The summed E-state index contributed by atoms with van der Waals surface area (Å²) in [5, 5.41) is 2.51. The number of methoxy groups -OCH3 is 1. The van der Waals surface area contributed by atoms with Crippen molar-refractivity contribution in [2.45, 2.75) is 19.9 Å². The number of hydrogen-bond acceptors (Lipinski definition) is 4. The number of carbonyl (C=O) groups excluding carboxylic acids is 1. The average Bonchev–Trinajstić information content (AvgIpc) is 3.01. The van der Waals surface area contributed by atoms with Crippen molar-refractivity contribution >= 4 is 22.8 Å². The molecule has 0 bridgehead atoms. The molecule has 0 spiro atoms. The number of amides is 1. The van der Waals surface area contributed by atoms with Gasteiger partial charge >= 0.3 is 0 Å². The quantitative estimate of drug-likeness (QED) is 0.889. The van der Waals surface area contributed by atoms with Crippen LogP contribution >= 0.6 is 0 Å². The highest BCUT2D eigenvalue weighted by molar-refractivity contribution is 6.05. The third-order valence-electron chi connectivity index (χ3n) is 4.33. The topological polar surface area (TPSA) is 68.5 Å². The minimum atomic E-state index is -0.640. The van der Waals surface area contributed by atoms with E-state index in [0.29, 0.717) is 29.2 Å². The molecule has 1 aliphatic heterocycles. The lowest BCUT2D eigenvalue weighted by molar-refractivity contribution is 0.0952. The van der Waals surface area contributed by atoms with Crippen LogP contribution in [0.5, 0.6) is 0 Å². The van der Waals surface area contributed by atoms with Crippen LogP contribution in [0.3, 0.4) is 0 Å². The van der Waals surface area contributed by atoms with Gasteiger partial charge in [-0.2, -0.15) is 0 Å². The summed E-state index contributed by atoms with van der Waals surface area (Å²) in [7, 11) is 1.51. The SMILES string of the molecule is COC1=NC(C)=C(F)CC1Cn1cc(C(=O)NCCF)c2ncccc21. The molecule has 0 saturated carbocycles. The van der Waals surface area contributed by atoms with Gasteiger partial charge in [0.1, 0.15) is 18.0 Å². The number of aliphatic imine (C=N–C) groups is 1. The molecule has 2 aromatic rings. The molecule has 1 unspecified atom stereocenters. The largest absolute Gasteiger partial charge is 0.484 e. The summed E-state index contributed by atoms with van der Waals surface area (Å²) in [5.74, 6) is -0.498. The fraction of sp³-hybridized carbons (Fsp3) is 0.389.